The molecule has 92 valence electrons. The fourth-order valence-electron chi connectivity index (χ4n) is 1.61. The Morgan fingerprint density at radius 2 is 2.22 bits per heavy atom. The minimum atomic E-state index is -0.817. The summed E-state index contributed by atoms with van der Waals surface area (Å²) < 4.78 is 6.21. The Morgan fingerprint density at radius 1 is 1.39 bits per heavy atom. The normalized spacial score (nSPS) is 10.1. The van der Waals surface area contributed by atoms with Crippen LogP contribution in [0.5, 0.6) is 0 Å². The molecule has 1 aromatic carbocycles. The molecule has 0 aliphatic rings. The van der Waals surface area contributed by atoms with Gasteiger partial charge in [-0.15, -0.1) is 0 Å². The first-order valence-corrected chi connectivity index (χ1v) is 5.39. The molecule has 2 rings (SSSR count). The molecule has 5 heteroatoms. The summed E-state index contributed by atoms with van der Waals surface area (Å²) in [5, 5.41) is 0. The molecule has 0 saturated heterocycles. The lowest BCUT2D eigenvalue weighted by molar-refractivity contribution is -0.151. The summed E-state index contributed by atoms with van der Waals surface area (Å²) in [4.78, 5) is 26.4. The highest BCUT2D eigenvalue weighted by molar-refractivity contribution is 6.34. The minimum absolute atomic E-state index is 0.0369. The lowest BCUT2D eigenvalue weighted by atomic mass is 10.1. The Bertz CT molecular complexity index is 561. The molecule has 5 nitrogen and oxygen atoms in total. The Labute approximate surface area is 104 Å². The molecule has 0 spiro atoms. The number of imidazole rings is 1. The number of ketones is 1. The summed E-state index contributed by atoms with van der Waals surface area (Å²) in [7, 11) is 1.20. The number of esters is 1. The van der Waals surface area contributed by atoms with Crippen LogP contribution in [-0.4, -0.2) is 28.4 Å². The van der Waals surface area contributed by atoms with E-state index in [2.05, 4.69) is 9.72 Å². The first kappa shape index (κ1) is 12.0. The van der Waals surface area contributed by atoms with E-state index in [1.807, 2.05) is 22.8 Å². The minimum Gasteiger partial charge on any atom is -0.463 e. The Balaban J connectivity index is 2.18. The smallest absolute Gasteiger partial charge is 0.374 e. The van der Waals surface area contributed by atoms with Crippen LogP contribution in [-0.2, 0) is 20.7 Å². The number of rotatable bonds is 4. The maximum absolute atomic E-state index is 11.4. The molecular formula is C13H12N2O3. The summed E-state index contributed by atoms with van der Waals surface area (Å²) >= 11 is 0. The number of nitrogens with zero attached hydrogens (tertiary/aromatic N) is 2. The molecule has 0 N–H and O–H groups in total. The maximum atomic E-state index is 11.4. The molecule has 0 amide bonds. The number of carbonyl (C=O) groups is 2. The van der Waals surface area contributed by atoms with Crippen molar-refractivity contribution in [2.75, 3.05) is 7.11 Å². The number of hydrogen-bond acceptors (Lipinski definition) is 4. The van der Waals surface area contributed by atoms with E-state index in [9.17, 15) is 9.59 Å². The third-order valence-electron chi connectivity index (χ3n) is 2.49. The summed E-state index contributed by atoms with van der Waals surface area (Å²) in [6, 6.07) is 7.35. The molecule has 0 saturated carbocycles. The molecule has 0 aliphatic carbocycles. The van der Waals surface area contributed by atoms with Gasteiger partial charge in [-0.25, -0.2) is 9.78 Å². The van der Waals surface area contributed by atoms with E-state index in [0.717, 1.165) is 11.3 Å². The fourth-order valence-corrected chi connectivity index (χ4v) is 1.61. The molecule has 0 fully saturated rings. The van der Waals surface area contributed by atoms with Crippen molar-refractivity contribution < 1.29 is 14.3 Å². The highest BCUT2D eigenvalue weighted by Gasteiger charge is 2.14. The van der Waals surface area contributed by atoms with Gasteiger partial charge in [0.15, 0.2) is 0 Å². The first-order valence-electron chi connectivity index (χ1n) is 5.39. The largest absolute Gasteiger partial charge is 0.463 e. The molecule has 0 atom stereocenters. The lowest BCUT2D eigenvalue weighted by Crippen LogP contribution is -2.17. The van der Waals surface area contributed by atoms with Gasteiger partial charge in [-0.05, 0) is 17.7 Å². The Hall–Kier alpha value is -2.43. The van der Waals surface area contributed by atoms with Gasteiger partial charge in [0.2, 0.25) is 5.78 Å². The molecule has 0 unspecified atom stereocenters. The van der Waals surface area contributed by atoms with Crippen LogP contribution in [0.25, 0.3) is 5.69 Å². The molecular weight excluding hydrogens is 232 g/mol. The highest BCUT2D eigenvalue weighted by atomic mass is 16.5. The SMILES string of the molecule is COC(=O)C(=O)Cc1cccc(-n2ccnc2)c1. The van der Waals surface area contributed by atoms with Gasteiger partial charge in [0.1, 0.15) is 0 Å². The van der Waals surface area contributed by atoms with E-state index in [-0.39, 0.29) is 6.42 Å². The number of carbonyl (C=O) groups excluding carboxylic acids is 2. The third kappa shape index (κ3) is 2.63. The van der Waals surface area contributed by atoms with Gasteiger partial charge < -0.3 is 9.30 Å². The highest BCUT2D eigenvalue weighted by Crippen LogP contribution is 2.11. The van der Waals surface area contributed by atoms with Crippen molar-refractivity contribution in [1.82, 2.24) is 9.55 Å². The summed E-state index contributed by atoms with van der Waals surface area (Å²) in [6.45, 7) is 0. The van der Waals surface area contributed by atoms with Crippen LogP contribution in [0.1, 0.15) is 5.56 Å². The predicted molar refractivity (Wildman–Crippen MR) is 64.3 cm³/mol. The molecule has 18 heavy (non-hydrogen) atoms. The molecule has 2 aromatic rings. The van der Waals surface area contributed by atoms with Crippen molar-refractivity contribution in [2.45, 2.75) is 6.42 Å². The van der Waals surface area contributed by atoms with Crippen molar-refractivity contribution >= 4 is 11.8 Å². The lowest BCUT2D eigenvalue weighted by Gasteiger charge is -2.05. The molecule has 1 heterocycles. The standard InChI is InChI=1S/C13H12N2O3/c1-18-13(17)12(16)8-10-3-2-4-11(7-10)15-6-5-14-9-15/h2-7,9H,8H2,1H3. The summed E-state index contributed by atoms with van der Waals surface area (Å²) in [5.74, 6) is -1.37. The average molecular weight is 244 g/mol. The van der Waals surface area contributed by atoms with Crippen molar-refractivity contribution in [1.29, 1.82) is 0 Å². The van der Waals surface area contributed by atoms with E-state index < -0.39 is 11.8 Å². The Morgan fingerprint density at radius 3 is 2.89 bits per heavy atom. The first-order chi connectivity index (χ1) is 8.70. The van der Waals surface area contributed by atoms with Crippen LogP contribution < -0.4 is 0 Å². The van der Waals surface area contributed by atoms with Crippen molar-refractivity contribution in [3.05, 3.63) is 48.5 Å². The van der Waals surface area contributed by atoms with Crippen LogP contribution in [0.3, 0.4) is 0 Å². The second-order valence-electron chi connectivity index (χ2n) is 3.73. The maximum Gasteiger partial charge on any atom is 0.374 e. The molecule has 0 aliphatic heterocycles. The van der Waals surface area contributed by atoms with E-state index >= 15 is 0 Å². The van der Waals surface area contributed by atoms with Crippen LogP contribution in [0.4, 0.5) is 0 Å². The number of hydrogen-bond donors (Lipinski definition) is 0. The van der Waals surface area contributed by atoms with Gasteiger partial charge in [0, 0.05) is 24.5 Å². The van der Waals surface area contributed by atoms with Gasteiger partial charge in [0.05, 0.1) is 13.4 Å². The number of methoxy groups -OCH3 is 1. The van der Waals surface area contributed by atoms with Crippen LogP contribution in [0, 0.1) is 0 Å². The number of aromatic nitrogens is 2. The van der Waals surface area contributed by atoms with Crippen LogP contribution >= 0.6 is 0 Å². The van der Waals surface area contributed by atoms with Gasteiger partial charge in [-0.2, -0.15) is 0 Å². The zero-order valence-corrected chi connectivity index (χ0v) is 9.87. The predicted octanol–water partition coefficient (Wildman–Crippen LogP) is 1.16. The van der Waals surface area contributed by atoms with E-state index in [0.29, 0.717) is 0 Å². The molecule has 0 bridgehead atoms. The number of ether oxygens (including phenoxy) is 1. The van der Waals surface area contributed by atoms with Crippen LogP contribution in [0.15, 0.2) is 43.0 Å². The van der Waals surface area contributed by atoms with Crippen molar-refractivity contribution in [2.24, 2.45) is 0 Å². The van der Waals surface area contributed by atoms with Gasteiger partial charge >= 0.3 is 5.97 Å². The summed E-state index contributed by atoms with van der Waals surface area (Å²) in [6.07, 6.45) is 5.18. The quantitative estimate of drug-likeness (QED) is 0.598. The van der Waals surface area contributed by atoms with Gasteiger partial charge in [0.25, 0.3) is 0 Å². The zero-order chi connectivity index (χ0) is 13.0. The van der Waals surface area contributed by atoms with Gasteiger partial charge in [-0.1, -0.05) is 12.1 Å². The Kier molecular flexibility index (Phi) is 3.52. The van der Waals surface area contributed by atoms with Crippen molar-refractivity contribution in [3.8, 4) is 5.69 Å². The fraction of sp³-hybridized carbons (Fsp3) is 0.154. The number of benzene rings is 1. The monoisotopic (exact) mass is 244 g/mol. The molecule has 1 aromatic heterocycles. The topological polar surface area (TPSA) is 61.2 Å². The van der Waals surface area contributed by atoms with Crippen molar-refractivity contribution in [3.63, 3.8) is 0 Å². The second kappa shape index (κ2) is 5.27. The van der Waals surface area contributed by atoms with Crippen LogP contribution in [0.2, 0.25) is 0 Å². The van der Waals surface area contributed by atoms with E-state index in [1.54, 1.807) is 24.8 Å². The zero-order valence-electron chi connectivity index (χ0n) is 9.87. The second-order valence-corrected chi connectivity index (χ2v) is 3.73. The van der Waals surface area contributed by atoms with E-state index in [4.69, 9.17) is 0 Å². The average Bonchev–Trinajstić information content (AvgIpc) is 2.92. The van der Waals surface area contributed by atoms with E-state index in [1.165, 1.54) is 7.11 Å². The summed E-state index contributed by atoms with van der Waals surface area (Å²) in [5.41, 5.74) is 1.65. The number of Topliss-reactive ketones (excluding diaryl/α,β-unsaturated/α-hetero) is 1. The van der Waals surface area contributed by atoms with Gasteiger partial charge in [-0.3, -0.25) is 4.79 Å². The molecule has 0 radical (unpaired) electrons. The third-order valence-corrected chi connectivity index (χ3v) is 2.49.